The van der Waals surface area contributed by atoms with Crippen molar-refractivity contribution in [2.75, 3.05) is 23.4 Å². The predicted molar refractivity (Wildman–Crippen MR) is 98.2 cm³/mol. The fourth-order valence-corrected chi connectivity index (χ4v) is 3.05. The molecule has 2 aromatic rings. The highest BCUT2D eigenvalue weighted by atomic mass is 35.5. The van der Waals surface area contributed by atoms with Crippen LogP contribution in [-0.4, -0.2) is 25.0 Å². The number of hydrogen-bond acceptors (Lipinski definition) is 3. The van der Waals surface area contributed by atoms with E-state index in [0.29, 0.717) is 35.3 Å². The molecular formula is C19H19ClN2O3. The minimum absolute atomic E-state index is 0.0829. The van der Waals surface area contributed by atoms with Crippen LogP contribution in [0.3, 0.4) is 0 Å². The predicted octanol–water partition coefficient (Wildman–Crippen LogP) is 3.73. The number of carbonyl (C=O) groups is 2. The van der Waals surface area contributed by atoms with E-state index >= 15 is 0 Å². The van der Waals surface area contributed by atoms with Crippen LogP contribution < -0.4 is 15.0 Å². The van der Waals surface area contributed by atoms with Gasteiger partial charge in [-0.3, -0.25) is 9.59 Å². The van der Waals surface area contributed by atoms with Gasteiger partial charge in [0.1, 0.15) is 5.75 Å². The minimum Gasteiger partial charge on any atom is -0.492 e. The van der Waals surface area contributed by atoms with E-state index in [1.54, 1.807) is 35.2 Å². The number of rotatable bonds is 5. The average molecular weight is 359 g/mol. The molecule has 0 bridgehead atoms. The summed E-state index contributed by atoms with van der Waals surface area (Å²) < 4.78 is 5.52. The summed E-state index contributed by atoms with van der Waals surface area (Å²) in [5.74, 6) is -0.0684. The zero-order valence-electron chi connectivity index (χ0n) is 13.9. The van der Waals surface area contributed by atoms with Crippen molar-refractivity contribution >= 4 is 34.8 Å². The lowest BCUT2D eigenvalue weighted by Crippen LogP contribution is -2.28. The number of halogens is 1. The molecule has 1 aliphatic rings. The van der Waals surface area contributed by atoms with Gasteiger partial charge in [0.05, 0.1) is 18.2 Å². The van der Waals surface area contributed by atoms with Gasteiger partial charge >= 0.3 is 0 Å². The summed E-state index contributed by atoms with van der Waals surface area (Å²) in [6, 6.07) is 14.3. The smallest absolute Gasteiger partial charge is 0.229 e. The van der Waals surface area contributed by atoms with Crippen LogP contribution in [0.1, 0.15) is 13.3 Å². The van der Waals surface area contributed by atoms with Crippen LogP contribution in [0.2, 0.25) is 5.02 Å². The molecule has 1 heterocycles. The molecule has 1 fully saturated rings. The third-order valence-electron chi connectivity index (χ3n) is 4.06. The van der Waals surface area contributed by atoms with E-state index < -0.39 is 5.92 Å². The van der Waals surface area contributed by atoms with Crippen LogP contribution in [0, 0.1) is 5.92 Å². The Bertz CT molecular complexity index is 794. The number of ether oxygens (including phenoxy) is 1. The van der Waals surface area contributed by atoms with Crippen molar-refractivity contribution in [1.29, 1.82) is 0 Å². The van der Waals surface area contributed by atoms with Crippen LogP contribution >= 0.6 is 11.6 Å². The second-order valence-electron chi connectivity index (χ2n) is 5.80. The maximum absolute atomic E-state index is 12.6. The van der Waals surface area contributed by atoms with Crippen LogP contribution in [0.25, 0.3) is 0 Å². The van der Waals surface area contributed by atoms with E-state index in [-0.39, 0.29) is 18.2 Å². The van der Waals surface area contributed by atoms with Gasteiger partial charge in [0.15, 0.2) is 0 Å². The lowest BCUT2D eigenvalue weighted by atomic mass is 10.1. The molecule has 0 saturated carbocycles. The molecule has 0 spiro atoms. The van der Waals surface area contributed by atoms with Crippen molar-refractivity contribution in [3.8, 4) is 5.75 Å². The topological polar surface area (TPSA) is 58.6 Å². The minimum atomic E-state index is -0.416. The van der Waals surface area contributed by atoms with Gasteiger partial charge in [-0.1, -0.05) is 29.8 Å². The van der Waals surface area contributed by atoms with E-state index in [0.717, 1.165) is 0 Å². The molecule has 1 N–H and O–H groups in total. The maximum atomic E-state index is 12.6. The lowest BCUT2D eigenvalue weighted by molar-refractivity contribution is -0.122. The van der Waals surface area contributed by atoms with Gasteiger partial charge in [0.25, 0.3) is 0 Å². The standard InChI is InChI=1S/C19H19ClN2O3/c1-2-25-17-9-4-3-8-16(17)21-19(24)13-10-18(23)22(12-13)15-7-5-6-14(20)11-15/h3-9,11,13H,2,10,12H2,1H3,(H,21,24)/t13-/m1/s1. The first-order valence-electron chi connectivity index (χ1n) is 8.17. The molecule has 2 amide bonds. The van der Waals surface area contributed by atoms with Crippen molar-refractivity contribution in [2.45, 2.75) is 13.3 Å². The van der Waals surface area contributed by atoms with E-state index in [4.69, 9.17) is 16.3 Å². The van der Waals surface area contributed by atoms with Crippen LogP contribution in [-0.2, 0) is 9.59 Å². The van der Waals surface area contributed by atoms with Gasteiger partial charge in [0, 0.05) is 23.7 Å². The summed E-state index contributed by atoms with van der Waals surface area (Å²) in [4.78, 5) is 26.5. The van der Waals surface area contributed by atoms with Crippen LogP contribution in [0.15, 0.2) is 48.5 Å². The number of amides is 2. The zero-order chi connectivity index (χ0) is 17.8. The van der Waals surface area contributed by atoms with Crippen LogP contribution in [0.5, 0.6) is 5.75 Å². The first kappa shape index (κ1) is 17.3. The van der Waals surface area contributed by atoms with Crippen LogP contribution in [0.4, 0.5) is 11.4 Å². The van der Waals surface area contributed by atoms with Gasteiger partial charge < -0.3 is 15.0 Å². The molecule has 5 nitrogen and oxygen atoms in total. The fourth-order valence-electron chi connectivity index (χ4n) is 2.86. The Labute approximate surface area is 151 Å². The Morgan fingerprint density at radius 2 is 2.08 bits per heavy atom. The number of nitrogens with one attached hydrogen (secondary N) is 1. The number of para-hydroxylation sites is 2. The molecule has 0 aliphatic carbocycles. The second-order valence-corrected chi connectivity index (χ2v) is 6.24. The Morgan fingerprint density at radius 3 is 2.84 bits per heavy atom. The zero-order valence-corrected chi connectivity index (χ0v) is 14.6. The van der Waals surface area contributed by atoms with Crippen molar-refractivity contribution in [2.24, 2.45) is 5.92 Å². The summed E-state index contributed by atoms with van der Waals surface area (Å²) in [7, 11) is 0. The molecule has 2 aromatic carbocycles. The third-order valence-corrected chi connectivity index (χ3v) is 4.30. The molecule has 3 rings (SSSR count). The van der Waals surface area contributed by atoms with E-state index in [1.807, 2.05) is 25.1 Å². The highest BCUT2D eigenvalue weighted by Gasteiger charge is 2.35. The Kier molecular flexibility index (Phi) is 5.24. The Morgan fingerprint density at radius 1 is 1.28 bits per heavy atom. The van der Waals surface area contributed by atoms with Gasteiger partial charge in [-0.15, -0.1) is 0 Å². The molecule has 1 atom stereocenters. The summed E-state index contributed by atoms with van der Waals surface area (Å²) in [5, 5.41) is 3.43. The van der Waals surface area contributed by atoms with Gasteiger partial charge in [-0.2, -0.15) is 0 Å². The summed E-state index contributed by atoms with van der Waals surface area (Å²) >= 11 is 5.99. The largest absolute Gasteiger partial charge is 0.492 e. The highest BCUT2D eigenvalue weighted by Crippen LogP contribution is 2.29. The number of benzene rings is 2. The molecule has 1 saturated heterocycles. The van der Waals surface area contributed by atoms with E-state index in [2.05, 4.69) is 5.32 Å². The number of nitrogens with zero attached hydrogens (tertiary/aromatic N) is 1. The molecular weight excluding hydrogens is 340 g/mol. The van der Waals surface area contributed by atoms with Crippen molar-refractivity contribution in [1.82, 2.24) is 0 Å². The van der Waals surface area contributed by atoms with Crippen molar-refractivity contribution in [3.63, 3.8) is 0 Å². The van der Waals surface area contributed by atoms with E-state index in [9.17, 15) is 9.59 Å². The first-order chi connectivity index (χ1) is 12.1. The normalized spacial score (nSPS) is 16.8. The summed E-state index contributed by atoms with van der Waals surface area (Å²) in [6.45, 7) is 2.73. The summed E-state index contributed by atoms with van der Waals surface area (Å²) in [5.41, 5.74) is 1.32. The average Bonchev–Trinajstić information content (AvgIpc) is 2.99. The quantitative estimate of drug-likeness (QED) is 0.886. The molecule has 0 aromatic heterocycles. The van der Waals surface area contributed by atoms with Gasteiger partial charge in [0.2, 0.25) is 11.8 Å². The Balaban J connectivity index is 1.71. The highest BCUT2D eigenvalue weighted by molar-refractivity contribution is 6.31. The lowest BCUT2D eigenvalue weighted by Gasteiger charge is -2.17. The number of anilines is 2. The monoisotopic (exact) mass is 358 g/mol. The maximum Gasteiger partial charge on any atom is 0.229 e. The molecule has 6 heteroatoms. The fraction of sp³-hybridized carbons (Fsp3) is 0.263. The second kappa shape index (κ2) is 7.57. The molecule has 0 unspecified atom stereocenters. The molecule has 25 heavy (non-hydrogen) atoms. The third kappa shape index (κ3) is 3.94. The van der Waals surface area contributed by atoms with Crippen molar-refractivity contribution < 1.29 is 14.3 Å². The number of carbonyl (C=O) groups excluding carboxylic acids is 2. The van der Waals surface area contributed by atoms with Crippen molar-refractivity contribution in [3.05, 3.63) is 53.6 Å². The number of hydrogen-bond donors (Lipinski definition) is 1. The molecule has 130 valence electrons. The SMILES string of the molecule is CCOc1ccccc1NC(=O)[C@@H]1CC(=O)N(c2cccc(Cl)c2)C1. The summed E-state index contributed by atoms with van der Waals surface area (Å²) in [6.07, 6.45) is 0.176. The first-order valence-corrected chi connectivity index (χ1v) is 8.55. The molecule has 0 radical (unpaired) electrons. The van der Waals surface area contributed by atoms with Gasteiger partial charge in [-0.05, 0) is 37.3 Å². The van der Waals surface area contributed by atoms with E-state index in [1.165, 1.54) is 0 Å². The van der Waals surface area contributed by atoms with Gasteiger partial charge in [-0.25, -0.2) is 0 Å². The Hall–Kier alpha value is -2.53. The molecule has 1 aliphatic heterocycles.